The highest BCUT2D eigenvalue weighted by Crippen LogP contribution is 2.57. The fraction of sp³-hybridized carbons (Fsp3) is 0.688. The second kappa shape index (κ2) is 10.6. The standard InChI is InChI=1S/C16H25N5O15P2/c1-4-7(22)9(24)11(26)15(33-4)35-38(30,31)36-37(28,29)32-2-5-8(23)10(25)14(34-5)21-3-18-6-12(21)19-16(17)20-13(6)27/h3-5,7-11,14-15,22-26H,2H2,1H3,(H,28,29)(H,30,31)(H3,17,19,20,27)/p-2. The van der Waals surface area contributed by atoms with Crippen molar-refractivity contribution in [3.05, 3.63) is 16.7 Å². The summed E-state index contributed by atoms with van der Waals surface area (Å²) in [5, 5.41) is 49.9. The molecule has 38 heavy (non-hydrogen) atoms. The van der Waals surface area contributed by atoms with E-state index in [1.807, 2.05) is 0 Å². The summed E-state index contributed by atoms with van der Waals surface area (Å²) < 4.78 is 48.3. The van der Waals surface area contributed by atoms with Crippen molar-refractivity contribution in [2.45, 2.75) is 62.2 Å². The van der Waals surface area contributed by atoms with Gasteiger partial charge < -0.3 is 55.1 Å². The first-order chi connectivity index (χ1) is 17.6. The summed E-state index contributed by atoms with van der Waals surface area (Å²) in [6.45, 7) is 0.168. The van der Waals surface area contributed by atoms with Crippen LogP contribution in [0.15, 0.2) is 11.1 Å². The number of H-pyrrole nitrogens is 1. The Balaban J connectivity index is 1.39. The minimum Gasteiger partial charge on any atom is -0.756 e. The lowest BCUT2D eigenvalue weighted by molar-refractivity contribution is -0.299. The zero-order valence-electron chi connectivity index (χ0n) is 19.1. The molecule has 11 unspecified atom stereocenters. The van der Waals surface area contributed by atoms with E-state index in [2.05, 4.69) is 28.3 Å². The molecule has 0 spiro atoms. The van der Waals surface area contributed by atoms with Gasteiger partial charge in [0.15, 0.2) is 23.7 Å². The van der Waals surface area contributed by atoms with Gasteiger partial charge in [-0.05, 0) is 6.92 Å². The maximum absolute atomic E-state index is 12.1. The van der Waals surface area contributed by atoms with Crippen LogP contribution >= 0.6 is 15.6 Å². The van der Waals surface area contributed by atoms with E-state index in [1.165, 1.54) is 6.92 Å². The van der Waals surface area contributed by atoms with E-state index in [9.17, 15) is 49.2 Å². The summed E-state index contributed by atoms with van der Waals surface area (Å²) >= 11 is 0. The van der Waals surface area contributed by atoms with Crippen LogP contribution in [-0.2, 0) is 32.0 Å². The second-order valence-corrected chi connectivity index (χ2v) is 11.3. The summed E-state index contributed by atoms with van der Waals surface area (Å²) in [7, 11) is -11.6. The van der Waals surface area contributed by atoms with Crippen molar-refractivity contribution in [3.8, 4) is 0 Å². The van der Waals surface area contributed by atoms with Crippen molar-refractivity contribution >= 4 is 32.8 Å². The third-order valence-corrected chi connectivity index (χ3v) is 8.23. The molecule has 0 amide bonds. The molecule has 8 N–H and O–H groups in total. The number of aliphatic hydroxyl groups excluding tert-OH is 5. The largest absolute Gasteiger partial charge is 0.756 e. The molecule has 0 bridgehead atoms. The first-order valence-electron chi connectivity index (χ1n) is 10.7. The van der Waals surface area contributed by atoms with Crippen molar-refractivity contribution in [2.24, 2.45) is 0 Å². The lowest BCUT2D eigenvalue weighted by atomic mass is 10.0. The molecule has 22 heteroatoms. The lowest BCUT2D eigenvalue weighted by Crippen LogP contribution is -2.57. The smallest absolute Gasteiger partial charge is 0.280 e. The van der Waals surface area contributed by atoms with E-state index in [-0.39, 0.29) is 17.1 Å². The fourth-order valence-electron chi connectivity index (χ4n) is 3.78. The predicted octanol–water partition coefficient (Wildman–Crippen LogP) is -4.86. The number of nitrogens with one attached hydrogen (secondary N) is 1. The molecule has 2 saturated heterocycles. The van der Waals surface area contributed by atoms with Gasteiger partial charge in [0.05, 0.1) is 19.0 Å². The highest BCUT2D eigenvalue weighted by Gasteiger charge is 2.46. The van der Waals surface area contributed by atoms with E-state index < -0.39 is 83.1 Å². The van der Waals surface area contributed by atoms with E-state index in [1.54, 1.807) is 0 Å². The number of rotatable bonds is 8. The summed E-state index contributed by atoms with van der Waals surface area (Å²) in [6.07, 6.45) is -14.3. The quantitative estimate of drug-likeness (QED) is 0.142. The van der Waals surface area contributed by atoms with Crippen LogP contribution in [-0.4, -0.2) is 101 Å². The number of ether oxygens (including phenoxy) is 2. The van der Waals surface area contributed by atoms with Crippen LogP contribution in [0.3, 0.4) is 0 Å². The van der Waals surface area contributed by atoms with Crippen molar-refractivity contribution < 1.29 is 67.3 Å². The van der Waals surface area contributed by atoms with Crippen molar-refractivity contribution in [1.82, 2.24) is 19.5 Å². The zero-order chi connectivity index (χ0) is 28.2. The van der Waals surface area contributed by atoms with Crippen LogP contribution in [0, 0.1) is 0 Å². The average Bonchev–Trinajstić information content (AvgIpc) is 3.35. The average molecular weight is 587 g/mol. The monoisotopic (exact) mass is 587 g/mol. The van der Waals surface area contributed by atoms with Crippen molar-refractivity contribution in [3.63, 3.8) is 0 Å². The van der Waals surface area contributed by atoms with Crippen molar-refractivity contribution in [1.29, 1.82) is 0 Å². The Morgan fingerprint density at radius 2 is 1.76 bits per heavy atom. The van der Waals surface area contributed by atoms with E-state index in [0.29, 0.717) is 0 Å². The third kappa shape index (κ3) is 5.83. The Kier molecular flexibility index (Phi) is 8.12. The predicted molar refractivity (Wildman–Crippen MR) is 114 cm³/mol. The Labute approximate surface area is 211 Å². The number of aromatic nitrogens is 4. The molecule has 0 radical (unpaired) electrons. The number of hydrogen-bond acceptors (Lipinski definition) is 18. The van der Waals surface area contributed by atoms with E-state index >= 15 is 0 Å². The topological polar surface area (TPSA) is 317 Å². The number of anilines is 1. The molecule has 20 nitrogen and oxygen atoms in total. The van der Waals surface area contributed by atoms with Gasteiger partial charge in [-0.3, -0.25) is 28.0 Å². The second-order valence-electron chi connectivity index (χ2n) is 8.38. The third-order valence-electron chi connectivity index (χ3n) is 5.70. The van der Waals surface area contributed by atoms with Crippen molar-refractivity contribution in [2.75, 3.05) is 12.3 Å². The summed E-state index contributed by atoms with van der Waals surface area (Å²) in [5.74, 6) is -0.280. The lowest BCUT2D eigenvalue weighted by Gasteiger charge is -2.41. The molecule has 0 aromatic carbocycles. The molecule has 2 aliphatic heterocycles. The highest BCUT2D eigenvalue weighted by atomic mass is 31.3. The molecule has 2 aromatic rings. The van der Waals surface area contributed by atoms with Gasteiger partial charge in [0, 0.05) is 0 Å². The maximum atomic E-state index is 12.1. The minimum atomic E-state index is -5.82. The molecule has 0 aliphatic carbocycles. The van der Waals surface area contributed by atoms with Gasteiger partial charge in [-0.25, -0.2) is 9.29 Å². The number of imidazole rings is 1. The zero-order valence-corrected chi connectivity index (χ0v) is 20.9. The number of phosphoric acid groups is 2. The van der Waals surface area contributed by atoms with Gasteiger partial charge in [0.2, 0.25) is 5.95 Å². The SMILES string of the molecule is CC1OC(OP(=O)([O-])OP(=O)([O-])OCC2OC(n3cnc4c(=O)[nH]c(N)nc43)C(O)C2O)C(O)C(O)C1O. The molecule has 2 aliphatic rings. The van der Waals surface area contributed by atoms with Gasteiger partial charge in [-0.15, -0.1) is 0 Å². The number of aliphatic hydroxyl groups is 5. The highest BCUT2D eigenvalue weighted by molar-refractivity contribution is 7.59. The first kappa shape index (κ1) is 29.1. The molecule has 2 fully saturated rings. The number of phosphoric ester groups is 2. The van der Waals surface area contributed by atoms with Gasteiger partial charge in [-0.1, -0.05) is 0 Å². The molecule has 11 atom stereocenters. The van der Waals surface area contributed by atoms with Crippen LogP contribution < -0.4 is 21.1 Å². The van der Waals surface area contributed by atoms with Gasteiger partial charge in [-0.2, -0.15) is 4.98 Å². The fourth-order valence-corrected chi connectivity index (χ4v) is 5.86. The summed E-state index contributed by atoms with van der Waals surface area (Å²) in [5.41, 5.74) is 4.52. The normalized spacial score (nSPS) is 37.2. The molecule has 0 saturated carbocycles. The first-order valence-corrected chi connectivity index (χ1v) is 13.6. The molecule has 214 valence electrons. The Hall–Kier alpha value is -1.87. The molecular formula is C16H23N5O15P2-2. The molecule has 4 rings (SSSR count). The van der Waals surface area contributed by atoms with Gasteiger partial charge >= 0.3 is 0 Å². The molecular weight excluding hydrogens is 564 g/mol. The maximum Gasteiger partial charge on any atom is 0.280 e. The Morgan fingerprint density at radius 1 is 1.08 bits per heavy atom. The molecule has 4 heterocycles. The van der Waals surface area contributed by atoms with Crippen LogP contribution in [0.25, 0.3) is 11.2 Å². The van der Waals surface area contributed by atoms with Crippen LogP contribution in [0.2, 0.25) is 0 Å². The number of fused-ring (bicyclic) bond motifs is 1. The number of nitrogens with zero attached hydrogens (tertiary/aromatic N) is 3. The van der Waals surface area contributed by atoms with Gasteiger partial charge in [0.25, 0.3) is 21.2 Å². The van der Waals surface area contributed by atoms with Crippen LogP contribution in [0.5, 0.6) is 0 Å². The Morgan fingerprint density at radius 3 is 2.45 bits per heavy atom. The van der Waals surface area contributed by atoms with Crippen LogP contribution in [0.4, 0.5) is 5.95 Å². The number of nitrogen functional groups attached to an aromatic ring is 1. The minimum absolute atomic E-state index is 0.120. The Bertz CT molecular complexity index is 1320. The van der Waals surface area contributed by atoms with Crippen LogP contribution in [0.1, 0.15) is 13.2 Å². The van der Waals surface area contributed by atoms with E-state index in [0.717, 1.165) is 10.9 Å². The number of aromatic amines is 1. The number of nitrogens with two attached hydrogens (primary N) is 1. The molecule has 2 aromatic heterocycles. The van der Waals surface area contributed by atoms with Gasteiger partial charge in [0.1, 0.15) is 36.6 Å². The number of hydrogen-bond donors (Lipinski definition) is 7. The summed E-state index contributed by atoms with van der Waals surface area (Å²) in [4.78, 5) is 46.1. The van der Waals surface area contributed by atoms with E-state index in [4.69, 9.17) is 15.2 Å². The summed E-state index contributed by atoms with van der Waals surface area (Å²) in [6, 6.07) is 0.